The summed E-state index contributed by atoms with van der Waals surface area (Å²) in [6.45, 7) is 0. The normalized spacial score (nSPS) is 13.7. The summed E-state index contributed by atoms with van der Waals surface area (Å²) in [6, 6.07) is 4.02. The van der Waals surface area contributed by atoms with E-state index in [1.54, 1.807) is 17.2 Å². The molecule has 5 nitrogen and oxygen atoms in total. The average molecular weight is 235 g/mol. The fraction of sp³-hybridized carbons (Fsp3) is 0.0769. The van der Waals surface area contributed by atoms with Crippen molar-refractivity contribution in [1.82, 2.24) is 24.6 Å². The van der Waals surface area contributed by atoms with Gasteiger partial charge in [0.25, 0.3) is 0 Å². The molecule has 0 unspecified atom stereocenters. The predicted molar refractivity (Wildman–Crippen MR) is 65.8 cm³/mol. The Balaban J connectivity index is 1.89. The zero-order chi connectivity index (χ0) is 11.9. The Morgan fingerprint density at radius 1 is 1.11 bits per heavy atom. The molecule has 0 saturated heterocycles. The molecule has 1 aliphatic carbocycles. The number of nitrogens with zero attached hydrogens (tertiary/aromatic N) is 5. The quantitative estimate of drug-likeness (QED) is 0.641. The Morgan fingerprint density at radius 3 is 3.11 bits per heavy atom. The molecule has 86 valence electrons. The van der Waals surface area contributed by atoms with Crippen molar-refractivity contribution >= 4 is 11.2 Å². The van der Waals surface area contributed by atoms with Gasteiger partial charge in [-0.2, -0.15) is 5.10 Å². The van der Waals surface area contributed by atoms with Crippen LogP contribution in [-0.4, -0.2) is 24.6 Å². The van der Waals surface area contributed by atoms with Gasteiger partial charge in [-0.15, -0.1) is 0 Å². The van der Waals surface area contributed by atoms with Crippen LogP contribution < -0.4 is 0 Å². The van der Waals surface area contributed by atoms with Crippen LogP contribution in [0.4, 0.5) is 0 Å². The third-order valence-corrected chi connectivity index (χ3v) is 3.17. The van der Waals surface area contributed by atoms with Crippen LogP contribution in [0.25, 0.3) is 11.2 Å². The summed E-state index contributed by atoms with van der Waals surface area (Å²) in [5, 5.41) is 4.15. The van der Waals surface area contributed by atoms with Crippen LogP contribution in [0.5, 0.6) is 0 Å². The lowest BCUT2D eigenvalue weighted by Crippen LogP contribution is -1.94. The molecule has 0 radical (unpaired) electrons. The molecule has 3 aromatic rings. The topological polar surface area (TPSA) is 56.0 Å². The third kappa shape index (κ3) is 1.27. The minimum Gasteiger partial charge on any atom is -0.244 e. The minimum atomic E-state index is 0.849. The second-order valence-corrected chi connectivity index (χ2v) is 4.19. The van der Waals surface area contributed by atoms with Gasteiger partial charge in [-0.3, -0.25) is 0 Å². The van der Waals surface area contributed by atoms with Crippen molar-refractivity contribution in [2.24, 2.45) is 0 Å². The van der Waals surface area contributed by atoms with Crippen LogP contribution in [0.1, 0.15) is 16.8 Å². The summed E-state index contributed by atoms with van der Waals surface area (Å²) in [7, 11) is 0. The van der Waals surface area contributed by atoms with Gasteiger partial charge in [0.15, 0.2) is 5.65 Å². The van der Waals surface area contributed by atoms with Crippen molar-refractivity contribution < 1.29 is 0 Å². The molecule has 18 heavy (non-hydrogen) atoms. The number of allylic oxidation sites excluding steroid dienone is 1. The van der Waals surface area contributed by atoms with Gasteiger partial charge >= 0.3 is 0 Å². The fourth-order valence-electron chi connectivity index (χ4n) is 2.30. The molecule has 0 N–H and O–H groups in total. The number of pyridine rings is 1. The van der Waals surface area contributed by atoms with E-state index in [0.29, 0.717) is 0 Å². The Kier molecular flexibility index (Phi) is 1.82. The lowest BCUT2D eigenvalue weighted by atomic mass is 10.0. The van der Waals surface area contributed by atoms with Crippen molar-refractivity contribution in [3.05, 3.63) is 60.1 Å². The molecule has 0 atom stereocenters. The first-order valence-electron chi connectivity index (χ1n) is 5.71. The molecule has 0 aromatic carbocycles. The molecule has 3 heterocycles. The van der Waals surface area contributed by atoms with E-state index in [4.69, 9.17) is 0 Å². The largest absolute Gasteiger partial charge is 0.244 e. The van der Waals surface area contributed by atoms with E-state index in [0.717, 1.165) is 28.9 Å². The van der Waals surface area contributed by atoms with Gasteiger partial charge in [-0.1, -0.05) is 6.08 Å². The van der Waals surface area contributed by atoms with Crippen molar-refractivity contribution in [3.63, 3.8) is 0 Å². The Bertz CT molecular complexity index is 772. The van der Waals surface area contributed by atoms with Crippen LogP contribution >= 0.6 is 0 Å². The van der Waals surface area contributed by atoms with Crippen molar-refractivity contribution in [2.45, 2.75) is 6.42 Å². The number of hydrogen-bond acceptors (Lipinski definition) is 4. The maximum atomic E-state index is 4.29. The highest BCUT2D eigenvalue weighted by Gasteiger charge is 2.17. The highest BCUT2D eigenvalue weighted by Crippen LogP contribution is 2.30. The summed E-state index contributed by atoms with van der Waals surface area (Å²) in [5.74, 6) is 0. The summed E-state index contributed by atoms with van der Waals surface area (Å²) in [4.78, 5) is 12.5. The van der Waals surface area contributed by atoms with E-state index >= 15 is 0 Å². The van der Waals surface area contributed by atoms with E-state index in [1.807, 2.05) is 18.5 Å². The predicted octanol–water partition coefficient (Wildman–Crippen LogP) is 1.51. The van der Waals surface area contributed by atoms with Crippen LogP contribution in [0, 0.1) is 0 Å². The average Bonchev–Trinajstić information content (AvgIpc) is 3.04. The molecule has 5 heteroatoms. The van der Waals surface area contributed by atoms with Crippen molar-refractivity contribution in [2.75, 3.05) is 0 Å². The molecular weight excluding hydrogens is 226 g/mol. The highest BCUT2D eigenvalue weighted by atomic mass is 15.3. The maximum Gasteiger partial charge on any atom is 0.155 e. The van der Waals surface area contributed by atoms with Crippen LogP contribution in [-0.2, 0) is 6.42 Å². The zero-order valence-corrected chi connectivity index (χ0v) is 9.48. The highest BCUT2D eigenvalue weighted by molar-refractivity contribution is 5.83. The molecule has 4 rings (SSSR count). The maximum absolute atomic E-state index is 4.29. The van der Waals surface area contributed by atoms with E-state index in [9.17, 15) is 0 Å². The van der Waals surface area contributed by atoms with Gasteiger partial charge in [0.1, 0.15) is 12.7 Å². The van der Waals surface area contributed by atoms with Gasteiger partial charge in [0.2, 0.25) is 0 Å². The number of aromatic nitrogens is 5. The molecule has 0 aliphatic heterocycles. The first-order chi connectivity index (χ1) is 8.92. The molecular formula is C13H9N5. The molecule has 1 aliphatic rings. The summed E-state index contributed by atoms with van der Waals surface area (Å²) >= 11 is 0. The van der Waals surface area contributed by atoms with Gasteiger partial charge in [0, 0.05) is 29.9 Å². The zero-order valence-electron chi connectivity index (χ0n) is 9.48. The Labute approximate surface area is 103 Å². The molecule has 0 spiro atoms. The van der Waals surface area contributed by atoms with E-state index < -0.39 is 0 Å². The number of fused-ring (bicyclic) bond motifs is 2. The lowest BCUT2D eigenvalue weighted by Gasteiger charge is -2.05. The smallest absolute Gasteiger partial charge is 0.155 e. The first-order valence-corrected chi connectivity index (χ1v) is 5.71. The summed E-state index contributed by atoms with van der Waals surface area (Å²) in [6.07, 6.45) is 10.0. The van der Waals surface area contributed by atoms with Gasteiger partial charge in [-0.05, 0) is 17.7 Å². The van der Waals surface area contributed by atoms with E-state index in [1.165, 1.54) is 5.57 Å². The monoisotopic (exact) mass is 235 g/mol. The lowest BCUT2D eigenvalue weighted by molar-refractivity contribution is 0.957. The Morgan fingerprint density at radius 2 is 2.11 bits per heavy atom. The van der Waals surface area contributed by atoms with E-state index in [2.05, 4.69) is 32.2 Å². The first kappa shape index (κ1) is 9.47. The second-order valence-electron chi connectivity index (χ2n) is 4.19. The van der Waals surface area contributed by atoms with E-state index in [-0.39, 0.29) is 0 Å². The standard InChI is InChI=1S/C13H9N5/c1-4-13-16-8-17-18(13)6-9(1)10-2-3-12-11(10)5-14-7-15-12/h1-2,4-8H,3H2. The van der Waals surface area contributed by atoms with Gasteiger partial charge < -0.3 is 0 Å². The summed E-state index contributed by atoms with van der Waals surface area (Å²) in [5.41, 5.74) is 5.32. The molecule has 0 saturated carbocycles. The fourth-order valence-corrected chi connectivity index (χ4v) is 2.30. The van der Waals surface area contributed by atoms with Crippen molar-refractivity contribution in [3.8, 4) is 0 Å². The number of rotatable bonds is 1. The van der Waals surface area contributed by atoms with Crippen LogP contribution in [0.15, 0.2) is 43.3 Å². The molecule has 0 fully saturated rings. The van der Waals surface area contributed by atoms with Gasteiger partial charge in [-0.25, -0.2) is 19.5 Å². The number of hydrogen-bond donors (Lipinski definition) is 0. The summed E-state index contributed by atoms with van der Waals surface area (Å²) < 4.78 is 1.78. The second kappa shape index (κ2) is 3.46. The SMILES string of the molecule is C1=C(c2ccc3ncnn3c2)c2cncnc2C1. The van der Waals surface area contributed by atoms with Gasteiger partial charge in [0.05, 0.1) is 5.69 Å². The molecule has 0 amide bonds. The van der Waals surface area contributed by atoms with Crippen molar-refractivity contribution in [1.29, 1.82) is 0 Å². The Hall–Kier alpha value is -2.56. The van der Waals surface area contributed by atoms with Crippen LogP contribution in [0.2, 0.25) is 0 Å². The molecule has 3 aromatic heterocycles. The minimum absolute atomic E-state index is 0.849. The third-order valence-electron chi connectivity index (χ3n) is 3.17. The van der Waals surface area contributed by atoms with Crippen LogP contribution in [0.3, 0.4) is 0 Å². The molecule has 0 bridgehead atoms.